The first-order chi connectivity index (χ1) is 17.8. The van der Waals surface area contributed by atoms with Crippen LogP contribution in [-0.4, -0.2) is 39.1 Å². The fourth-order valence-electron chi connectivity index (χ4n) is 5.59. The highest BCUT2D eigenvalue weighted by atomic mass is 19.1. The van der Waals surface area contributed by atoms with Crippen molar-refractivity contribution >= 4 is 11.7 Å². The lowest BCUT2D eigenvalue weighted by Crippen LogP contribution is -2.24. The van der Waals surface area contributed by atoms with E-state index in [2.05, 4.69) is 54.6 Å². The number of hydrogen-bond donors (Lipinski definition) is 0. The molecule has 1 aliphatic heterocycles. The average molecular weight is 501 g/mol. The van der Waals surface area contributed by atoms with Crippen LogP contribution in [0.15, 0.2) is 30.0 Å². The Kier molecular flexibility index (Phi) is 8.82. The maximum Gasteiger partial charge on any atom is 0.156 e. The second-order valence-corrected chi connectivity index (χ2v) is 10.4. The molecule has 0 spiro atoms. The molecule has 2 atom stereocenters. The number of likely N-dealkylation sites (tertiary alicyclic amines) is 1. The number of halogens is 1. The van der Waals surface area contributed by atoms with Gasteiger partial charge in [0.2, 0.25) is 0 Å². The molecular weight excluding hydrogens is 459 g/mol. The largest absolute Gasteiger partial charge is 0.304 e. The van der Waals surface area contributed by atoms with Crippen LogP contribution in [0.1, 0.15) is 75.3 Å². The molecular formula is C32H41FN4. The molecule has 0 amide bonds. The van der Waals surface area contributed by atoms with Crippen molar-refractivity contribution in [3.8, 4) is 23.1 Å². The van der Waals surface area contributed by atoms with Crippen molar-refractivity contribution in [3.05, 3.63) is 58.2 Å². The molecule has 1 saturated heterocycles. The van der Waals surface area contributed by atoms with E-state index in [-0.39, 0.29) is 11.7 Å². The van der Waals surface area contributed by atoms with Crippen molar-refractivity contribution in [2.75, 3.05) is 19.6 Å². The van der Waals surface area contributed by atoms with E-state index in [4.69, 9.17) is 5.10 Å². The Morgan fingerprint density at radius 1 is 1.11 bits per heavy atom. The summed E-state index contributed by atoms with van der Waals surface area (Å²) in [6.07, 6.45) is 9.25. The second kappa shape index (κ2) is 12.0. The van der Waals surface area contributed by atoms with Gasteiger partial charge >= 0.3 is 0 Å². The van der Waals surface area contributed by atoms with E-state index in [1.54, 1.807) is 10.6 Å². The fraction of sp³-hybridized carbons (Fsp3) is 0.500. The van der Waals surface area contributed by atoms with Crippen molar-refractivity contribution in [1.29, 1.82) is 0 Å². The summed E-state index contributed by atoms with van der Waals surface area (Å²) in [6.45, 7) is 15.8. The molecule has 1 fully saturated rings. The number of nitrogens with zero attached hydrogens (tertiary/aromatic N) is 4. The summed E-state index contributed by atoms with van der Waals surface area (Å²) in [7, 11) is 0. The van der Waals surface area contributed by atoms with E-state index >= 15 is 4.39 Å². The van der Waals surface area contributed by atoms with Gasteiger partial charge < -0.3 is 4.90 Å². The predicted octanol–water partition coefficient (Wildman–Crippen LogP) is 7.41. The first kappa shape index (κ1) is 27.1. The van der Waals surface area contributed by atoms with E-state index < -0.39 is 0 Å². The summed E-state index contributed by atoms with van der Waals surface area (Å²) in [4.78, 5) is 7.07. The van der Waals surface area contributed by atoms with Crippen LogP contribution in [0, 0.1) is 50.3 Å². The molecule has 0 radical (unpaired) electrons. The van der Waals surface area contributed by atoms with Crippen molar-refractivity contribution in [1.82, 2.24) is 19.5 Å². The third kappa shape index (κ3) is 6.13. The number of aryl methyl sites for hydroxylation is 3. The normalized spacial score (nSPS) is 17.9. The highest BCUT2D eigenvalue weighted by molar-refractivity contribution is 5.68. The highest BCUT2D eigenvalue weighted by Crippen LogP contribution is 2.35. The Hall–Kier alpha value is -2.97. The molecule has 0 N–H and O–H groups in total. The first-order valence-electron chi connectivity index (χ1n) is 13.9. The molecule has 37 heavy (non-hydrogen) atoms. The van der Waals surface area contributed by atoms with Crippen LogP contribution in [0.2, 0.25) is 0 Å². The quantitative estimate of drug-likeness (QED) is 0.331. The van der Waals surface area contributed by atoms with E-state index in [9.17, 15) is 0 Å². The lowest BCUT2D eigenvalue weighted by molar-refractivity contribution is 0.297. The summed E-state index contributed by atoms with van der Waals surface area (Å²) in [6, 6.07) is 5.70. The molecule has 2 unspecified atom stereocenters. The van der Waals surface area contributed by atoms with Gasteiger partial charge in [-0.15, -0.1) is 5.92 Å². The third-order valence-corrected chi connectivity index (χ3v) is 7.68. The van der Waals surface area contributed by atoms with E-state index in [1.807, 2.05) is 33.0 Å². The molecule has 0 saturated carbocycles. The number of benzene rings is 1. The molecule has 0 aliphatic carbocycles. The summed E-state index contributed by atoms with van der Waals surface area (Å²) in [5.74, 6) is 7.22. The first-order valence-corrected chi connectivity index (χ1v) is 13.9. The van der Waals surface area contributed by atoms with Crippen LogP contribution < -0.4 is 0 Å². The van der Waals surface area contributed by atoms with Gasteiger partial charge in [-0.05, 0) is 101 Å². The summed E-state index contributed by atoms with van der Waals surface area (Å²) >= 11 is 0. The minimum atomic E-state index is -0.198. The Balaban J connectivity index is 1.76. The fourth-order valence-corrected chi connectivity index (χ4v) is 5.59. The van der Waals surface area contributed by atoms with Crippen LogP contribution in [0.25, 0.3) is 23.0 Å². The van der Waals surface area contributed by atoms with Gasteiger partial charge in [-0.25, -0.2) is 13.9 Å². The molecule has 3 heterocycles. The SMILES string of the molecule is CCC#CC(CC)/C(=C\c1c(C)cc(-c2cc(C)c3nc(C)cn3n2)cc1F)C1CCCN(CC)CC1. The van der Waals surface area contributed by atoms with Crippen molar-refractivity contribution in [2.45, 2.75) is 73.6 Å². The second-order valence-electron chi connectivity index (χ2n) is 10.4. The molecule has 196 valence electrons. The van der Waals surface area contributed by atoms with Crippen molar-refractivity contribution < 1.29 is 4.39 Å². The van der Waals surface area contributed by atoms with Crippen LogP contribution in [0.4, 0.5) is 4.39 Å². The van der Waals surface area contributed by atoms with Crippen LogP contribution in [0.3, 0.4) is 0 Å². The molecule has 2 aromatic heterocycles. The van der Waals surface area contributed by atoms with Gasteiger partial charge in [0.25, 0.3) is 0 Å². The number of imidazole rings is 1. The van der Waals surface area contributed by atoms with Crippen LogP contribution >= 0.6 is 0 Å². The number of hydrogen-bond acceptors (Lipinski definition) is 3. The van der Waals surface area contributed by atoms with Gasteiger partial charge in [0.1, 0.15) is 5.82 Å². The van der Waals surface area contributed by atoms with Gasteiger partial charge in [0.05, 0.1) is 17.6 Å². The highest BCUT2D eigenvalue weighted by Gasteiger charge is 2.25. The lowest BCUT2D eigenvalue weighted by Gasteiger charge is -2.24. The van der Waals surface area contributed by atoms with Gasteiger partial charge in [0.15, 0.2) is 5.65 Å². The Bertz CT molecular complexity index is 1320. The maximum atomic E-state index is 15.8. The molecule has 1 aromatic carbocycles. The predicted molar refractivity (Wildman–Crippen MR) is 152 cm³/mol. The Morgan fingerprint density at radius 3 is 2.62 bits per heavy atom. The zero-order chi connectivity index (χ0) is 26.5. The summed E-state index contributed by atoms with van der Waals surface area (Å²) < 4.78 is 17.6. The number of allylic oxidation sites excluding steroid dienone is 1. The molecule has 1 aliphatic rings. The van der Waals surface area contributed by atoms with Crippen molar-refractivity contribution in [3.63, 3.8) is 0 Å². The summed E-state index contributed by atoms with van der Waals surface area (Å²) in [5, 5.41) is 4.72. The van der Waals surface area contributed by atoms with E-state index in [0.29, 0.717) is 11.5 Å². The third-order valence-electron chi connectivity index (χ3n) is 7.68. The minimum absolute atomic E-state index is 0.160. The van der Waals surface area contributed by atoms with E-state index in [0.717, 1.165) is 79.0 Å². The maximum absolute atomic E-state index is 15.8. The van der Waals surface area contributed by atoms with Gasteiger partial charge in [-0.1, -0.05) is 38.3 Å². The van der Waals surface area contributed by atoms with Crippen LogP contribution in [0.5, 0.6) is 0 Å². The standard InChI is InChI=1S/C32H41FN4/c1-7-10-12-25(8-2)29(26-13-11-15-36(9-3)16-14-26)20-28-22(4)17-27(19-30(28)33)31-18-23(5)32-34-24(6)21-37(32)35-31/h17-21,25-26H,7-9,11,13-16H2,1-6H3/b29-20+. The molecule has 0 bridgehead atoms. The van der Waals surface area contributed by atoms with Crippen LogP contribution in [-0.2, 0) is 0 Å². The minimum Gasteiger partial charge on any atom is -0.304 e. The smallest absolute Gasteiger partial charge is 0.156 e. The number of fused-ring (bicyclic) bond motifs is 1. The zero-order valence-corrected chi connectivity index (χ0v) is 23.4. The summed E-state index contributed by atoms with van der Waals surface area (Å²) in [5.41, 5.74) is 7.24. The molecule has 4 nitrogen and oxygen atoms in total. The average Bonchev–Trinajstić information content (AvgIpc) is 3.10. The molecule has 3 aromatic rings. The monoisotopic (exact) mass is 500 g/mol. The zero-order valence-electron chi connectivity index (χ0n) is 23.4. The topological polar surface area (TPSA) is 33.4 Å². The van der Waals surface area contributed by atoms with Crippen molar-refractivity contribution in [2.24, 2.45) is 11.8 Å². The van der Waals surface area contributed by atoms with Gasteiger partial charge in [0, 0.05) is 23.5 Å². The Morgan fingerprint density at radius 2 is 1.92 bits per heavy atom. The number of rotatable bonds is 6. The molecule has 5 heteroatoms. The number of aromatic nitrogens is 3. The Labute approximate surface area is 222 Å². The van der Waals surface area contributed by atoms with E-state index in [1.165, 1.54) is 12.0 Å². The molecule has 4 rings (SSSR count). The lowest BCUT2D eigenvalue weighted by atomic mass is 9.80. The van der Waals surface area contributed by atoms with Gasteiger partial charge in [-0.2, -0.15) is 5.10 Å². The van der Waals surface area contributed by atoms with Gasteiger partial charge in [-0.3, -0.25) is 0 Å².